The van der Waals surface area contributed by atoms with Crippen LogP contribution in [0.15, 0.2) is 42.5 Å². The second-order valence-corrected chi connectivity index (χ2v) is 9.97. The molecule has 2 bridgehead atoms. The first-order valence-corrected chi connectivity index (χ1v) is 11.3. The highest BCUT2D eigenvalue weighted by atomic mass is 16.7. The smallest absolute Gasteiger partial charge is 0.232 e. The maximum absolute atomic E-state index is 13.8. The van der Waals surface area contributed by atoms with Crippen molar-refractivity contribution in [3.8, 4) is 11.5 Å². The number of fused-ring (bicyclic) bond motifs is 7. The molecule has 2 atom stereocenters. The highest BCUT2D eigenvalue weighted by molar-refractivity contribution is 5.93. The van der Waals surface area contributed by atoms with Gasteiger partial charge in [-0.2, -0.15) is 0 Å². The van der Waals surface area contributed by atoms with Crippen LogP contribution >= 0.6 is 0 Å². The Morgan fingerprint density at radius 1 is 0.969 bits per heavy atom. The first-order chi connectivity index (χ1) is 15.4. The van der Waals surface area contributed by atoms with Crippen molar-refractivity contribution in [2.75, 3.05) is 13.3 Å². The third kappa shape index (κ3) is 2.32. The molecule has 2 aliphatic carbocycles. The summed E-state index contributed by atoms with van der Waals surface area (Å²) in [6.45, 7) is 7.47. The fourth-order valence-corrected chi connectivity index (χ4v) is 6.11. The largest absolute Gasteiger partial charge is 0.454 e. The summed E-state index contributed by atoms with van der Waals surface area (Å²) in [7, 11) is 0. The third-order valence-corrected chi connectivity index (χ3v) is 8.46. The summed E-state index contributed by atoms with van der Waals surface area (Å²) in [5.41, 5.74) is 3.34. The topological polar surface area (TPSA) is 73.3 Å². The van der Waals surface area contributed by atoms with Crippen LogP contribution in [0.2, 0.25) is 0 Å². The molecule has 0 spiro atoms. The minimum Gasteiger partial charge on any atom is -0.454 e. The Bertz CT molecular complexity index is 1260. The van der Waals surface area contributed by atoms with Gasteiger partial charge in [0.2, 0.25) is 12.7 Å². The lowest BCUT2D eigenvalue weighted by Gasteiger charge is -2.39. The summed E-state index contributed by atoms with van der Waals surface area (Å²) in [5, 5.41) is 3.24. The lowest BCUT2D eigenvalue weighted by atomic mass is 9.63. The number of amides is 1. The molecule has 1 N–H and O–H groups in total. The highest BCUT2D eigenvalue weighted by Crippen LogP contribution is 2.70. The number of nitrogens with zero attached hydrogens (tertiary/aromatic N) is 2. The zero-order chi connectivity index (χ0) is 22.1. The summed E-state index contributed by atoms with van der Waals surface area (Å²) >= 11 is 0. The van der Waals surface area contributed by atoms with E-state index < -0.39 is 5.41 Å². The second kappa shape index (κ2) is 6.44. The average Bonchev–Trinajstić information content (AvgIpc) is 3.36. The van der Waals surface area contributed by atoms with Crippen LogP contribution in [-0.4, -0.2) is 29.2 Å². The molecule has 0 radical (unpaired) electrons. The van der Waals surface area contributed by atoms with Gasteiger partial charge in [0.25, 0.3) is 0 Å². The van der Waals surface area contributed by atoms with Gasteiger partial charge in [-0.1, -0.05) is 51.1 Å². The third-order valence-electron chi connectivity index (χ3n) is 8.46. The number of hydrogen-bond acceptors (Lipinski definition) is 5. The molecular formula is C26H27N3O3. The highest BCUT2D eigenvalue weighted by Gasteiger charge is 2.73. The Hall–Kier alpha value is -3.15. The molecule has 6 nitrogen and oxygen atoms in total. The second-order valence-electron chi connectivity index (χ2n) is 9.97. The zero-order valence-electron chi connectivity index (χ0n) is 18.7. The van der Waals surface area contributed by atoms with Crippen LogP contribution in [0.4, 0.5) is 0 Å². The lowest BCUT2D eigenvalue weighted by Crippen LogP contribution is -2.51. The van der Waals surface area contributed by atoms with Crippen molar-refractivity contribution in [1.29, 1.82) is 0 Å². The van der Waals surface area contributed by atoms with Crippen LogP contribution in [0.1, 0.15) is 50.6 Å². The van der Waals surface area contributed by atoms with Gasteiger partial charge in [0, 0.05) is 24.1 Å². The zero-order valence-corrected chi connectivity index (χ0v) is 18.7. The molecule has 3 aliphatic rings. The minimum absolute atomic E-state index is 0.0651. The van der Waals surface area contributed by atoms with Gasteiger partial charge in [-0.05, 0) is 30.2 Å². The van der Waals surface area contributed by atoms with E-state index in [-0.39, 0.29) is 23.5 Å². The van der Waals surface area contributed by atoms with Gasteiger partial charge in [-0.3, -0.25) is 4.79 Å². The van der Waals surface area contributed by atoms with Crippen molar-refractivity contribution in [2.45, 2.75) is 50.9 Å². The van der Waals surface area contributed by atoms with Gasteiger partial charge < -0.3 is 14.8 Å². The van der Waals surface area contributed by atoms with E-state index in [9.17, 15) is 4.79 Å². The van der Waals surface area contributed by atoms with E-state index in [0.29, 0.717) is 18.0 Å². The van der Waals surface area contributed by atoms with Gasteiger partial charge >= 0.3 is 0 Å². The van der Waals surface area contributed by atoms with Gasteiger partial charge in [-0.15, -0.1) is 0 Å². The first-order valence-electron chi connectivity index (χ1n) is 11.3. The molecule has 2 aromatic carbocycles. The fraction of sp³-hybridized carbons (Fsp3) is 0.423. The van der Waals surface area contributed by atoms with E-state index in [1.54, 1.807) is 0 Å². The number of hydrogen-bond donors (Lipinski definition) is 1. The number of ether oxygens (including phenoxy) is 2. The molecule has 2 unspecified atom stereocenters. The Morgan fingerprint density at radius 2 is 1.62 bits per heavy atom. The van der Waals surface area contributed by atoms with Gasteiger partial charge in [0.15, 0.2) is 11.5 Å². The van der Waals surface area contributed by atoms with E-state index >= 15 is 0 Å². The molecule has 0 saturated heterocycles. The summed E-state index contributed by atoms with van der Waals surface area (Å²) < 4.78 is 11.1. The number of carbonyl (C=O) groups is 1. The normalized spacial score (nSPS) is 26.3. The Balaban J connectivity index is 1.41. The molecule has 32 heavy (non-hydrogen) atoms. The molecule has 3 aromatic rings. The number of rotatable bonds is 4. The molecule has 6 heteroatoms. The molecule has 1 saturated carbocycles. The van der Waals surface area contributed by atoms with Gasteiger partial charge in [-0.25, -0.2) is 9.97 Å². The van der Waals surface area contributed by atoms with Crippen molar-refractivity contribution in [3.63, 3.8) is 0 Å². The predicted molar refractivity (Wildman–Crippen MR) is 121 cm³/mol. The van der Waals surface area contributed by atoms with Crippen LogP contribution in [0.25, 0.3) is 11.0 Å². The average molecular weight is 430 g/mol. The minimum atomic E-state index is -0.689. The lowest BCUT2D eigenvalue weighted by molar-refractivity contribution is -0.130. The fourth-order valence-electron chi connectivity index (χ4n) is 6.11. The SMILES string of the molecule is CC12CCC(C(=O)NCCc3ccccc3)(c3nc4cc5c(cc4nc31)OCO5)C2(C)C. The van der Waals surface area contributed by atoms with Gasteiger partial charge in [0.05, 0.1) is 27.8 Å². The van der Waals surface area contributed by atoms with Crippen molar-refractivity contribution >= 4 is 16.9 Å². The van der Waals surface area contributed by atoms with Crippen molar-refractivity contribution in [3.05, 3.63) is 59.4 Å². The molecule has 1 aromatic heterocycles. The quantitative estimate of drug-likeness (QED) is 0.677. The molecule has 1 aliphatic heterocycles. The maximum Gasteiger partial charge on any atom is 0.232 e. The summed E-state index contributed by atoms with van der Waals surface area (Å²) in [5.74, 6) is 1.45. The van der Waals surface area contributed by atoms with E-state index in [0.717, 1.165) is 41.7 Å². The van der Waals surface area contributed by atoms with Crippen LogP contribution < -0.4 is 14.8 Å². The molecular weight excluding hydrogens is 402 g/mol. The van der Waals surface area contributed by atoms with Crippen molar-refractivity contribution in [2.24, 2.45) is 5.41 Å². The van der Waals surface area contributed by atoms with E-state index in [4.69, 9.17) is 19.4 Å². The number of aromatic nitrogens is 2. The number of benzene rings is 2. The summed E-state index contributed by atoms with van der Waals surface area (Å²) in [6, 6.07) is 14.0. The molecule has 1 amide bonds. The standard InChI is InChI=1S/C26H27N3O3/c1-24(2)25(3)10-11-26(24,23(30)27-12-9-16-7-5-4-6-8-16)22-21(25)28-17-13-19-20(32-15-31-19)14-18(17)29-22/h4-8,13-14H,9-12,15H2,1-3H3,(H,27,30). The summed E-state index contributed by atoms with van der Waals surface area (Å²) in [6.07, 6.45) is 2.51. The Morgan fingerprint density at radius 3 is 2.31 bits per heavy atom. The predicted octanol–water partition coefficient (Wildman–Crippen LogP) is 4.05. The van der Waals surface area contributed by atoms with E-state index in [1.165, 1.54) is 5.56 Å². The molecule has 6 rings (SSSR count). The monoisotopic (exact) mass is 429 g/mol. The number of carbonyl (C=O) groups excluding carboxylic acids is 1. The van der Waals surface area contributed by atoms with Crippen LogP contribution in [0.5, 0.6) is 11.5 Å². The van der Waals surface area contributed by atoms with E-state index in [1.807, 2.05) is 30.3 Å². The van der Waals surface area contributed by atoms with Crippen molar-refractivity contribution in [1.82, 2.24) is 15.3 Å². The van der Waals surface area contributed by atoms with Crippen LogP contribution in [-0.2, 0) is 22.0 Å². The summed E-state index contributed by atoms with van der Waals surface area (Å²) in [4.78, 5) is 24.0. The number of nitrogens with one attached hydrogen (secondary N) is 1. The Labute approximate surface area is 187 Å². The first kappa shape index (κ1) is 19.5. The van der Waals surface area contributed by atoms with E-state index in [2.05, 4.69) is 38.2 Å². The molecule has 164 valence electrons. The van der Waals surface area contributed by atoms with Crippen LogP contribution in [0, 0.1) is 5.41 Å². The van der Waals surface area contributed by atoms with Crippen molar-refractivity contribution < 1.29 is 14.3 Å². The molecule has 2 heterocycles. The van der Waals surface area contributed by atoms with Crippen LogP contribution in [0.3, 0.4) is 0 Å². The maximum atomic E-state index is 13.8. The van der Waals surface area contributed by atoms with Gasteiger partial charge in [0.1, 0.15) is 0 Å². The molecule has 1 fully saturated rings. The Kier molecular flexibility index (Phi) is 3.93.